The van der Waals surface area contributed by atoms with Crippen LogP contribution in [0.5, 0.6) is 0 Å². The number of rotatable bonds is 5. The van der Waals surface area contributed by atoms with Crippen LogP contribution in [0.25, 0.3) is 40.0 Å². The lowest BCUT2D eigenvalue weighted by Gasteiger charge is -2.00. The molecule has 1 N–H and O–H groups in total. The minimum absolute atomic E-state index is 0.276. The van der Waals surface area contributed by atoms with E-state index >= 15 is 0 Å². The van der Waals surface area contributed by atoms with Gasteiger partial charge in [0.2, 0.25) is 11.8 Å². The number of nitrogens with one attached hydrogen (secondary N) is 1. The zero-order valence-corrected chi connectivity index (χ0v) is 19.4. The minimum atomic E-state index is -0.276. The van der Waals surface area contributed by atoms with Gasteiger partial charge < -0.3 is 14.2 Å². The summed E-state index contributed by atoms with van der Waals surface area (Å²) in [4.78, 5) is 17.0. The van der Waals surface area contributed by atoms with Gasteiger partial charge in [-0.3, -0.25) is 4.79 Å². The van der Waals surface area contributed by atoms with Gasteiger partial charge in [0.1, 0.15) is 17.0 Å². The Morgan fingerprint density at radius 3 is 2.41 bits per heavy atom. The Balaban J connectivity index is 1.29. The molecule has 0 spiro atoms. The molecule has 0 saturated heterocycles. The molecule has 0 aliphatic carbocycles. The lowest BCUT2D eigenvalue weighted by molar-refractivity contribution is -0.111. The van der Waals surface area contributed by atoms with Gasteiger partial charge in [-0.15, -0.1) is 0 Å². The summed E-state index contributed by atoms with van der Waals surface area (Å²) in [5.41, 5.74) is 6.10. The number of aromatic nitrogens is 1. The SMILES string of the molecule is Cc1cc(C)cc(-c2nc3cc(NC(=O)/C=C/c4ccc(-c5ccc(Cl)cc5)o4)ccc3o2)c1. The summed E-state index contributed by atoms with van der Waals surface area (Å²) >= 11 is 5.93. The van der Waals surface area contributed by atoms with Crippen molar-refractivity contribution in [3.8, 4) is 22.8 Å². The number of amides is 1. The van der Waals surface area contributed by atoms with Crippen LogP contribution in [0.4, 0.5) is 5.69 Å². The summed E-state index contributed by atoms with van der Waals surface area (Å²) < 4.78 is 11.7. The highest BCUT2D eigenvalue weighted by atomic mass is 35.5. The largest absolute Gasteiger partial charge is 0.457 e. The number of furan rings is 1. The fourth-order valence-electron chi connectivity index (χ4n) is 3.78. The average Bonchev–Trinajstić information content (AvgIpc) is 3.44. The standard InChI is InChI=1S/C28H21ClN2O3/c1-17-13-18(2)15-20(14-17)28-31-24-16-22(7-10-26(24)34-28)30-27(32)12-9-23-8-11-25(33-23)19-3-5-21(29)6-4-19/h3-16H,1-2H3,(H,30,32)/b12-9+. The number of hydrogen-bond acceptors (Lipinski definition) is 4. The summed E-state index contributed by atoms with van der Waals surface area (Å²) in [5.74, 6) is 1.55. The van der Waals surface area contributed by atoms with Gasteiger partial charge in [-0.1, -0.05) is 28.8 Å². The highest BCUT2D eigenvalue weighted by Crippen LogP contribution is 2.28. The van der Waals surface area contributed by atoms with Crippen molar-refractivity contribution < 1.29 is 13.6 Å². The lowest BCUT2D eigenvalue weighted by atomic mass is 10.1. The summed E-state index contributed by atoms with van der Waals surface area (Å²) in [6, 6.07) is 22.6. The van der Waals surface area contributed by atoms with Crippen LogP contribution in [-0.2, 0) is 4.79 Å². The quantitative estimate of drug-likeness (QED) is 0.268. The Morgan fingerprint density at radius 1 is 0.882 bits per heavy atom. The smallest absolute Gasteiger partial charge is 0.248 e. The second kappa shape index (κ2) is 9.04. The Labute approximate surface area is 201 Å². The summed E-state index contributed by atoms with van der Waals surface area (Å²) in [6.07, 6.45) is 3.06. The normalized spacial score (nSPS) is 11.4. The molecule has 0 radical (unpaired) electrons. The molecule has 168 valence electrons. The maximum absolute atomic E-state index is 12.4. The summed E-state index contributed by atoms with van der Waals surface area (Å²) in [6.45, 7) is 4.09. The van der Waals surface area contributed by atoms with Gasteiger partial charge in [0, 0.05) is 27.9 Å². The van der Waals surface area contributed by atoms with Crippen LogP contribution in [-0.4, -0.2) is 10.9 Å². The zero-order valence-electron chi connectivity index (χ0n) is 18.6. The van der Waals surface area contributed by atoms with Crippen molar-refractivity contribution in [2.45, 2.75) is 13.8 Å². The number of oxazole rings is 1. The van der Waals surface area contributed by atoms with Crippen molar-refractivity contribution in [3.05, 3.63) is 101 Å². The van der Waals surface area contributed by atoms with Crippen LogP contribution in [0.15, 0.2) is 87.7 Å². The van der Waals surface area contributed by atoms with E-state index < -0.39 is 0 Å². The van der Waals surface area contributed by atoms with Crippen LogP contribution in [0, 0.1) is 13.8 Å². The molecule has 3 aromatic carbocycles. The second-order valence-electron chi connectivity index (χ2n) is 8.11. The van der Waals surface area contributed by atoms with Crippen molar-refractivity contribution in [2.75, 3.05) is 5.32 Å². The molecule has 1 amide bonds. The average molecular weight is 469 g/mol. The molecular formula is C28H21ClN2O3. The van der Waals surface area contributed by atoms with Gasteiger partial charge in [-0.05, 0) is 86.7 Å². The van der Waals surface area contributed by atoms with E-state index in [1.165, 1.54) is 6.08 Å². The number of carbonyl (C=O) groups is 1. The number of fused-ring (bicyclic) bond motifs is 1. The van der Waals surface area contributed by atoms with E-state index in [9.17, 15) is 4.79 Å². The molecular weight excluding hydrogens is 448 g/mol. The lowest BCUT2D eigenvalue weighted by Crippen LogP contribution is -2.07. The number of nitrogens with zero attached hydrogens (tertiary/aromatic N) is 1. The number of anilines is 1. The van der Waals surface area contributed by atoms with Crippen molar-refractivity contribution >= 4 is 40.4 Å². The number of hydrogen-bond donors (Lipinski definition) is 1. The van der Waals surface area contributed by atoms with Gasteiger partial charge in [0.05, 0.1) is 0 Å². The molecule has 2 aromatic heterocycles. The molecule has 0 aliphatic rings. The summed E-state index contributed by atoms with van der Waals surface area (Å²) in [5, 5.41) is 3.52. The van der Waals surface area contributed by atoms with E-state index in [2.05, 4.69) is 16.4 Å². The summed E-state index contributed by atoms with van der Waals surface area (Å²) in [7, 11) is 0. The predicted molar refractivity (Wildman–Crippen MR) is 136 cm³/mol. The van der Waals surface area contributed by atoms with Gasteiger partial charge in [0.25, 0.3) is 0 Å². The van der Waals surface area contributed by atoms with E-state index in [4.69, 9.17) is 20.4 Å². The molecule has 0 saturated carbocycles. The maximum Gasteiger partial charge on any atom is 0.248 e. The highest BCUT2D eigenvalue weighted by Gasteiger charge is 2.11. The zero-order chi connectivity index (χ0) is 23.7. The van der Waals surface area contributed by atoms with E-state index in [-0.39, 0.29) is 5.91 Å². The third-order valence-electron chi connectivity index (χ3n) is 5.28. The van der Waals surface area contributed by atoms with Crippen molar-refractivity contribution in [1.82, 2.24) is 4.98 Å². The van der Waals surface area contributed by atoms with Crippen LogP contribution in [0.3, 0.4) is 0 Å². The third-order valence-corrected chi connectivity index (χ3v) is 5.53. The van der Waals surface area contributed by atoms with Gasteiger partial charge in [0.15, 0.2) is 5.58 Å². The van der Waals surface area contributed by atoms with E-state index in [1.807, 2.05) is 50.2 Å². The Bertz CT molecular complexity index is 1510. The molecule has 0 unspecified atom stereocenters. The predicted octanol–water partition coefficient (Wildman–Crippen LogP) is 7.68. The monoisotopic (exact) mass is 468 g/mol. The first kappa shape index (κ1) is 21.7. The fourth-order valence-corrected chi connectivity index (χ4v) is 3.91. The number of carbonyl (C=O) groups excluding carboxylic acids is 1. The Morgan fingerprint density at radius 2 is 1.65 bits per heavy atom. The van der Waals surface area contributed by atoms with Crippen molar-refractivity contribution in [1.29, 1.82) is 0 Å². The topological polar surface area (TPSA) is 68.3 Å². The molecule has 0 fully saturated rings. The van der Waals surface area contributed by atoms with Crippen LogP contribution >= 0.6 is 11.6 Å². The van der Waals surface area contributed by atoms with Crippen LogP contribution in [0.2, 0.25) is 5.02 Å². The fraction of sp³-hybridized carbons (Fsp3) is 0.0714. The van der Waals surface area contributed by atoms with E-state index in [0.29, 0.717) is 39.2 Å². The van der Waals surface area contributed by atoms with Gasteiger partial charge in [-0.2, -0.15) is 0 Å². The number of aryl methyl sites for hydroxylation is 2. The van der Waals surface area contributed by atoms with Crippen molar-refractivity contribution in [2.24, 2.45) is 0 Å². The molecule has 6 heteroatoms. The molecule has 0 bridgehead atoms. The molecule has 5 rings (SSSR count). The van der Waals surface area contributed by atoms with Crippen molar-refractivity contribution in [3.63, 3.8) is 0 Å². The first-order chi connectivity index (χ1) is 16.4. The Hall–Kier alpha value is -4.09. The number of halogens is 1. The molecule has 2 heterocycles. The molecule has 5 aromatic rings. The van der Waals surface area contributed by atoms with Crippen LogP contribution < -0.4 is 5.32 Å². The van der Waals surface area contributed by atoms with Crippen LogP contribution in [0.1, 0.15) is 16.9 Å². The van der Waals surface area contributed by atoms with E-state index in [1.54, 1.807) is 36.4 Å². The highest BCUT2D eigenvalue weighted by molar-refractivity contribution is 6.30. The van der Waals surface area contributed by atoms with E-state index in [0.717, 1.165) is 22.3 Å². The van der Waals surface area contributed by atoms with Gasteiger partial charge >= 0.3 is 0 Å². The first-order valence-electron chi connectivity index (χ1n) is 10.8. The van der Waals surface area contributed by atoms with Gasteiger partial charge in [-0.25, -0.2) is 4.98 Å². The third kappa shape index (κ3) is 4.80. The first-order valence-corrected chi connectivity index (χ1v) is 11.1. The molecule has 0 atom stereocenters. The maximum atomic E-state index is 12.4. The second-order valence-corrected chi connectivity index (χ2v) is 8.55. The number of benzene rings is 3. The molecule has 0 aliphatic heterocycles. The molecule has 5 nitrogen and oxygen atoms in total. The Kier molecular flexibility index (Phi) is 5.78. The molecule has 34 heavy (non-hydrogen) atoms. The minimum Gasteiger partial charge on any atom is -0.457 e.